The Hall–Kier alpha value is -0.480. The summed E-state index contributed by atoms with van der Waals surface area (Å²) in [6.45, 7) is 0.801. The minimum atomic E-state index is -0.637. The quantitative estimate of drug-likeness (QED) is 0.695. The van der Waals surface area contributed by atoms with Gasteiger partial charge in [0.1, 0.15) is 0 Å². The maximum Gasteiger partial charge on any atom is 0.244 e. The zero-order chi connectivity index (χ0) is 11.2. The van der Waals surface area contributed by atoms with E-state index in [0.717, 1.165) is 12.4 Å². The second kappa shape index (κ2) is 6.09. The van der Waals surface area contributed by atoms with Gasteiger partial charge in [-0.05, 0) is 32.9 Å². The fraction of sp³-hybridized carbons (Fsp3) is 0.700. The zero-order valence-electron chi connectivity index (χ0n) is 9.83. The van der Waals surface area contributed by atoms with Gasteiger partial charge in [0.05, 0.1) is 0 Å². The Kier molecular flexibility index (Phi) is 5.88. The van der Waals surface area contributed by atoms with Crippen molar-refractivity contribution >= 4 is 15.9 Å². The first-order valence-electron chi connectivity index (χ1n) is 4.56. The van der Waals surface area contributed by atoms with E-state index >= 15 is 0 Å². The number of amides is 1. The van der Waals surface area contributed by atoms with Crippen molar-refractivity contribution in [2.45, 2.75) is 0 Å². The van der Waals surface area contributed by atoms with Gasteiger partial charge in [-0.25, -0.2) is 10.0 Å². The third kappa shape index (κ3) is 9.61. The molecule has 0 spiro atoms. The molecule has 0 aliphatic rings. The van der Waals surface area contributed by atoms with Crippen LogP contribution >= 0.6 is 10.0 Å². The van der Waals surface area contributed by atoms with Crippen molar-refractivity contribution in [1.29, 1.82) is 0 Å². The SMILES string of the molecule is CN(C)C/C=C/C(=O)NCS(C)(C)C. The molecule has 84 valence electrons. The molecule has 4 heteroatoms. The summed E-state index contributed by atoms with van der Waals surface area (Å²) in [5.74, 6) is 0.798. The third-order valence-electron chi connectivity index (χ3n) is 1.42. The summed E-state index contributed by atoms with van der Waals surface area (Å²) < 4.78 is 0. The summed E-state index contributed by atoms with van der Waals surface area (Å²) in [6, 6.07) is 0. The molecule has 0 saturated carbocycles. The van der Waals surface area contributed by atoms with E-state index in [1.165, 1.54) is 0 Å². The normalized spacial score (nSPS) is 13.6. The lowest BCUT2D eigenvalue weighted by Gasteiger charge is -2.24. The van der Waals surface area contributed by atoms with Crippen LogP contribution in [0.15, 0.2) is 12.2 Å². The Morgan fingerprint density at radius 2 is 1.93 bits per heavy atom. The first-order chi connectivity index (χ1) is 6.31. The van der Waals surface area contributed by atoms with E-state index in [4.69, 9.17) is 0 Å². The third-order valence-corrected chi connectivity index (χ3v) is 2.43. The van der Waals surface area contributed by atoms with Crippen molar-refractivity contribution in [2.24, 2.45) is 0 Å². The highest BCUT2D eigenvalue weighted by Gasteiger charge is 2.04. The van der Waals surface area contributed by atoms with Crippen molar-refractivity contribution < 1.29 is 4.79 Å². The van der Waals surface area contributed by atoms with Crippen molar-refractivity contribution in [1.82, 2.24) is 10.2 Å². The fourth-order valence-corrected chi connectivity index (χ4v) is 1.29. The van der Waals surface area contributed by atoms with E-state index < -0.39 is 10.0 Å². The minimum Gasteiger partial charge on any atom is -0.345 e. The van der Waals surface area contributed by atoms with Gasteiger partial charge in [0.25, 0.3) is 0 Å². The fourth-order valence-electron chi connectivity index (χ4n) is 0.717. The molecule has 0 aliphatic heterocycles. The lowest BCUT2D eigenvalue weighted by Crippen LogP contribution is -2.25. The van der Waals surface area contributed by atoms with E-state index in [1.807, 2.05) is 25.1 Å². The number of nitrogens with one attached hydrogen (secondary N) is 1. The number of rotatable bonds is 5. The number of carbonyl (C=O) groups excluding carboxylic acids is 1. The van der Waals surface area contributed by atoms with Crippen molar-refractivity contribution in [3.8, 4) is 0 Å². The first kappa shape index (κ1) is 13.5. The number of carbonyl (C=O) groups is 1. The van der Waals surface area contributed by atoms with Crippen LogP contribution < -0.4 is 5.32 Å². The molecule has 0 radical (unpaired) electrons. The monoisotopic (exact) mass is 218 g/mol. The predicted molar refractivity (Wildman–Crippen MR) is 66.1 cm³/mol. The molecule has 0 saturated heterocycles. The molecule has 0 heterocycles. The number of hydrogen-bond donors (Lipinski definition) is 1. The molecule has 1 N–H and O–H groups in total. The summed E-state index contributed by atoms with van der Waals surface area (Å²) >= 11 is 0. The molecular formula is C10H22N2OS. The Balaban J connectivity index is 3.71. The van der Waals surface area contributed by atoms with Crippen LogP contribution in [0.3, 0.4) is 0 Å². The average molecular weight is 218 g/mol. The molecular weight excluding hydrogens is 196 g/mol. The maximum absolute atomic E-state index is 11.3. The molecule has 14 heavy (non-hydrogen) atoms. The molecule has 0 bridgehead atoms. The van der Waals surface area contributed by atoms with Crippen LogP contribution in [-0.4, -0.2) is 56.1 Å². The van der Waals surface area contributed by atoms with Crippen LogP contribution in [-0.2, 0) is 4.79 Å². The largest absolute Gasteiger partial charge is 0.345 e. The number of likely N-dealkylation sites (N-methyl/N-ethyl adjacent to an activating group) is 1. The average Bonchev–Trinajstić information content (AvgIpc) is 1.99. The Bertz CT molecular complexity index is 207. The van der Waals surface area contributed by atoms with Crippen LogP contribution in [0.25, 0.3) is 0 Å². The smallest absolute Gasteiger partial charge is 0.244 e. The van der Waals surface area contributed by atoms with Gasteiger partial charge in [0.2, 0.25) is 5.91 Å². The van der Waals surface area contributed by atoms with Crippen LogP contribution in [0.2, 0.25) is 0 Å². The van der Waals surface area contributed by atoms with Gasteiger partial charge in [-0.15, -0.1) is 0 Å². The first-order valence-corrected chi connectivity index (χ1v) is 7.59. The van der Waals surface area contributed by atoms with Crippen molar-refractivity contribution in [3.05, 3.63) is 12.2 Å². The molecule has 0 aromatic rings. The van der Waals surface area contributed by atoms with E-state index in [-0.39, 0.29) is 5.91 Å². The molecule has 0 aliphatic carbocycles. The highest BCUT2D eigenvalue weighted by Crippen LogP contribution is 2.32. The minimum absolute atomic E-state index is 0.00859. The Morgan fingerprint density at radius 3 is 2.36 bits per heavy atom. The second-order valence-corrected chi connectivity index (χ2v) is 8.91. The highest BCUT2D eigenvalue weighted by molar-refractivity contribution is 8.32. The summed E-state index contributed by atoms with van der Waals surface area (Å²) in [4.78, 5) is 13.3. The molecule has 1 amide bonds. The summed E-state index contributed by atoms with van der Waals surface area (Å²) in [6.07, 6.45) is 10.0. The summed E-state index contributed by atoms with van der Waals surface area (Å²) in [5, 5.41) is 2.89. The summed E-state index contributed by atoms with van der Waals surface area (Å²) in [5.41, 5.74) is 0. The van der Waals surface area contributed by atoms with Crippen LogP contribution in [0.1, 0.15) is 0 Å². The number of nitrogens with zero attached hydrogens (tertiary/aromatic N) is 1. The van der Waals surface area contributed by atoms with Gasteiger partial charge in [-0.2, -0.15) is 0 Å². The Labute approximate surface area is 88.9 Å². The molecule has 0 rings (SSSR count). The van der Waals surface area contributed by atoms with Crippen molar-refractivity contribution in [2.75, 3.05) is 45.3 Å². The van der Waals surface area contributed by atoms with E-state index in [2.05, 4.69) is 24.1 Å². The maximum atomic E-state index is 11.3. The van der Waals surface area contributed by atoms with E-state index in [9.17, 15) is 4.79 Å². The summed E-state index contributed by atoms with van der Waals surface area (Å²) in [7, 11) is 3.31. The Morgan fingerprint density at radius 1 is 1.36 bits per heavy atom. The molecule has 0 atom stereocenters. The zero-order valence-corrected chi connectivity index (χ0v) is 10.6. The lowest BCUT2D eigenvalue weighted by atomic mass is 10.4. The van der Waals surface area contributed by atoms with Gasteiger partial charge in [0, 0.05) is 18.5 Å². The topological polar surface area (TPSA) is 32.3 Å². The standard InChI is InChI=1S/C10H22N2OS/c1-12(2)8-6-7-10(13)11-9-14(3,4)5/h6-7H,8-9H2,1-5H3,(H,11,13)/b7-6+. The van der Waals surface area contributed by atoms with Gasteiger partial charge in [-0.1, -0.05) is 6.08 Å². The molecule has 0 aromatic heterocycles. The van der Waals surface area contributed by atoms with Crippen LogP contribution in [0, 0.1) is 0 Å². The van der Waals surface area contributed by atoms with Gasteiger partial charge in [-0.3, -0.25) is 4.79 Å². The van der Waals surface area contributed by atoms with Crippen LogP contribution in [0.4, 0.5) is 0 Å². The van der Waals surface area contributed by atoms with Crippen LogP contribution in [0.5, 0.6) is 0 Å². The van der Waals surface area contributed by atoms with Gasteiger partial charge >= 0.3 is 0 Å². The van der Waals surface area contributed by atoms with Crippen molar-refractivity contribution in [3.63, 3.8) is 0 Å². The lowest BCUT2D eigenvalue weighted by molar-refractivity contribution is -0.116. The number of hydrogen-bond acceptors (Lipinski definition) is 2. The molecule has 3 nitrogen and oxygen atoms in total. The van der Waals surface area contributed by atoms with E-state index in [0.29, 0.717) is 0 Å². The highest BCUT2D eigenvalue weighted by atomic mass is 32.3. The second-order valence-electron chi connectivity index (χ2n) is 4.44. The van der Waals surface area contributed by atoms with E-state index in [1.54, 1.807) is 6.08 Å². The molecule has 0 fully saturated rings. The molecule has 0 unspecified atom stereocenters. The predicted octanol–water partition coefficient (Wildman–Crippen LogP) is 0.872. The van der Waals surface area contributed by atoms with Gasteiger partial charge < -0.3 is 10.2 Å². The molecule has 0 aromatic carbocycles. The van der Waals surface area contributed by atoms with Gasteiger partial charge in [0.15, 0.2) is 0 Å².